The Bertz CT molecular complexity index is 665. The number of benzene rings is 2. The molecule has 0 atom stereocenters. The first-order valence-corrected chi connectivity index (χ1v) is 7.19. The number of hydrogen-bond acceptors (Lipinski definition) is 3. The minimum absolute atomic E-state index is 0.0379. The molecule has 0 unspecified atom stereocenters. The van der Waals surface area contributed by atoms with Crippen LogP contribution in [0.5, 0.6) is 11.5 Å². The van der Waals surface area contributed by atoms with Gasteiger partial charge in [0, 0.05) is 11.6 Å². The third-order valence-electron chi connectivity index (χ3n) is 2.96. The van der Waals surface area contributed by atoms with E-state index in [9.17, 15) is 9.90 Å². The van der Waals surface area contributed by atoms with Crippen molar-refractivity contribution in [2.24, 2.45) is 0 Å². The molecule has 114 valence electrons. The van der Waals surface area contributed by atoms with E-state index in [1.807, 2.05) is 31.2 Å². The maximum Gasteiger partial charge on any atom is 0.248 e. The Morgan fingerprint density at radius 2 is 1.91 bits per heavy atom. The highest BCUT2D eigenvalue weighted by atomic mass is 16.5. The first-order chi connectivity index (χ1) is 10.7. The number of nitrogens with one attached hydrogen (secondary N) is 1. The van der Waals surface area contributed by atoms with Gasteiger partial charge in [-0.25, -0.2) is 0 Å². The second-order valence-corrected chi connectivity index (χ2v) is 4.73. The summed E-state index contributed by atoms with van der Waals surface area (Å²) in [7, 11) is 0. The number of rotatable bonds is 6. The lowest BCUT2D eigenvalue weighted by atomic mass is 10.2. The van der Waals surface area contributed by atoms with Crippen LogP contribution in [0.15, 0.2) is 54.6 Å². The van der Waals surface area contributed by atoms with Crippen LogP contribution in [-0.2, 0) is 4.79 Å². The quantitative estimate of drug-likeness (QED) is 0.629. The number of phenolic OH excluding ortho intramolecular Hbond substituents is 1. The highest BCUT2D eigenvalue weighted by Crippen LogP contribution is 2.22. The topological polar surface area (TPSA) is 58.6 Å². The van der Waals surface area contributed by atoms with Crippen LogP contribution in [0.2, 0.25) is 0 Å². The average Bonchev–Trinajstić information content (AvgIpc) is 2.54. The molecule has 2 aromatic rings. The molecule has 0 radical (unpaired) electrons. The molecule has 0 bridgehead atoms. The summed E-state index contributed by atoms with van der Waals surface area (Å²) in [4.78, 5) is 11.9. The van der Waals surface area contributed by atoms with Gasteiger partial charge in [0.1, 0.15) is 11.5 Å². The van der Waals surface area contributed by atoms with Crippen LogP contribution in [0.3, 0.4) is 0 Å². The van der Waals surface area contributed by atoms with Gasteiger partial charge in [-0.2, -0.15) is 0 Å². The molecular weight excluding hydrogens is 278 g/mol. The lowest BCUT2D eigenvalue weighted by molar-refractivity contribution is -0.111. The Labute approximate surface area is 130 Å². The molecule has 2 rings (SSSR count). The van der Waals surface area contributed by atoms with Gasteiger partial charge in [0.05, 0.1) is 12.3 Å². The van der Waals surface area contributed by atoms with Crippen molar-refractivity contribution in [3.05, 3.63) is 60.2 Å². The predicted molar refractivity (Wildman–Crippen MR) is 88.0 cm³/mol. The third-order valence-corrected chi connectivity index (χ3v) is 2.96. The Balaban J connectivity index is 2.05. The maximum atomic E-state index is 11.9. The molecule has 0 fully saturated rings. The predicted octanol–water partition coefficient (Wildman–Crippen LogP) is 3.83. The number of amides is 1. The fraction of sp³-hybridized carbons (Fsp3) is 0.167. The van der Waals surface area contributed by atoms with Gasteiger partial charge in [-0.1, -0.05) is 37.3 Å². The molecule has 4 heteroatoms. The minimum atomic E-state index is -0.313. The summed E-state index contributed by atoms with van der Waals surface area (Å²) in [5.41, 5.74) is 1.22. The number of phenols is 1. The van der Waals surface area contributed by atoms with Crippen molar-refractivity contribution in [3.63, 3.8) is 0 Å². The lowest BCUT2D eigenvalue weighted by Gasteiger charge is -2.08. The van der Waals surface area contributed by atoms with Crippen molar-refractivity contribution in [1.82, 2.24) is 0 Å². The minimum Gasteiger partial charge on any atom is -0.506 e. The van der Waals surface area contributed by atoms with E-state index in [2.05, 4.69) is 5.32 Å². The molecule has 2 N–H and O–H groups in total. The molecule has 0 spiro atoms. The van der Waals surface area contributed by atoms with E-state index in [-0.39, 0.29) is 11.7 Å². The van der Waals surface area contributed by atoms with E-state index in [0.717, 1.165) is 17.7 Å². The van der Waals surface area contributed by atoms with E-state index >= 15 is 0 Å². The summed E-state index contributed by atoms with van der Waals surface area (Å²) in [5.74, 6) is 0.471. The monoisotopic (exact) mass is 297 g/mol. The molecule has 2 aromatic carbocycles. The zero-order valence-corrected chi connectivity index (χ0v) is 12.5. The van der Waals surface area contributed by atoms with Gasteiger partial charge in [-0.3, -0.25) is 4.79 Å². The first-order valence-electron chi connectivity index (χ1n) is 7.19. The molecule has 0 aliphatic carbocycles. The van der Waals surface area contributed by atoms with Crippen molar-refractivity contribution < 1.29 is 14.6 Å². The van der Waals surface area contributed by atoms with E-state index in [0.29, 0.717) is 12.3 Å². The Morgan fingerprint density at radius 3 is 2.68 bits per heavy atom. The molecule has 0 aliphatic rings. The van der Waals surface area contributed by atoms with Crippen LogP contribution >= 0.6 is 0 Å². The summed E-state index contributed by atoms with van der Waals surface area (Å²) in [5, 5.41) is 12.3. The second kappa shape index (κ2) is 7.88. The molecule has 22 heavy (non-hydrogen) atoms. The number of para-hydroxylation sites is 3. The lowest BCUT2D eigenvalue weighted by Crippen LogP contribution is -2.07. The SMILES string of the molecule is CCCOc1ccccc1/C=C/C(=O)Nc1ccccc1O. The number of hydrogen-bond donors (Lipinski definition) is 2. The fourth-order valence-corrected chi connectivity index (χ4v) is 1.88. The summed E-state index contributed by atoms with van der Waals surface area (Å²) < 4.78 is 5.63. The van der Waals surface area contributed by atoms with Gasteiger partial charge in [0.15, 0.2) is 0 Å². The Hall–Kier alpha value is -2.75. The molecule has 0 saturated heterocycles. The summed E-state index contributed by atoms with van der Waals surface area (Å²) in [6.07, 6.45) is 4.03. The molecular formula is C18H19NO3. The summed E-state index contributed by atoms with van der Waals surface area (Å²) in [6.45, 7) is 2.67. The number of carbonyl (C=O) groups excluding carboxylic acids is 1. The van der Waals surface area contributed by atoms with Crippen LogP contribution in [0.25, 0.3) is 6.08 Å². The standard InChI is InChI=1S/C18H19NO3/c1-2-13-22-17-10-6-3-7-14(17)11-12-18(21)19-15-8-4-5-9-16(15)20/h3-12,20H,2,13H2,1H3,(H,19,21)/b12-11+. The molecule has 0 saturated carbocycles. The van der Waals surface area contributed by atoms with E-state index in [1.165, 1.54) is 12.1 Å². The molecule has 0 aromatic heterocycles. The van der Waals surface area contributed by atoms with Gasteiger partial charge >= 0.3 is 0 Å². The molecule has 4 nitrogen and oxygen atoms in total. The third kappa shape index (κ3) is 4.38. The zero-order valence-electron chi connectivity index (χ0n) is 12.5. The van der Waals surface area contributed by atoms with Crippen LogP contribution in [0.4, 0.5) is 5.69 Å². The van der Waals surface area contributed by atoms with Crippen molar-refractivity contribution in [2.45, 2.75) is 13.3 Å². The Kier molecular flexibility index (Phi) is 5.60. The zero-order chi connectivity index (χ0) is 15.8. The highest BCUT2D eigenvalue weighted by Gasteiger charge is 2.03. The van der Waals surface area contributed by atoms with E-state index in [4.69, 9.17) is 4.74 Å². The Morgan fingerprint density at radius 1 is 1.18 bits per heavy atom. The molecule has 1 amide bonds. The maximum absolute atomic E-state index is 11.9. The van der Waals surface area contributed by atoms with E-state index < -0.39 is 0 Å². The number of anilines is 1. The summed E-state index contributed by atoms with van der Waals surface area (Å²) >= 11 is 0. The average molecular weight is 297 g/mol. The number of aromatic hydroxyl groups is 1. The largest absolute Gasteiger partial charge is 0.506 e. The second-order valence-electron chi connectivity index (χ2n) is 4.73. The van der Waals surface area contributed by atoms with Gasteiger partial charge in [0.2, 0.25) is 5.91 Å². The van der Waals surface area contributed by atoms with Crippen molar-refractivity contribution >= 4 is 17.7 Å². The number of carbonyl (C=O) groups is 1. The smallest absolute Gasteiger partial charge is 0.248 e. The molecule has 0 aliphatic heterocycles. The van der Waals surface area contributed by atoms with Crippen LogP contribution < -0.4 is 10.1 Å². The molecule has 0 heterocycles. The van der Waals surface area contributed by atoms with E-state index in [1.54, 1.807) is 24.3 Å². The first kappa shape index (κ1) is 15.6. The van der Waals surface area contributed by atoms with Gasteiger partial charge in [0.25, 0.3) is 0 Å². The number of ether oxygens (including phenoxy) is 1. The van der Waals surface area contributed by atoms with Crippen LogP contribution in [0.1, 0.15) is 18.9 Å². The van der Waals surface area contributed by atoms with Crippen molar-refractivity contribution in [3.8, 4) is 11.5 Å². The van der Waals surface area contributed by atoms with Crippen molar-refractivity contribution in [2.75, 3.05) is 11.9 Å². The summed E-state index contributed by atoms with van der Waals surface area (Å²) in [6, 6.07) is 14.1. The van der Waals surface area contributed by atoms with Crippen molar-refractivity contribution in [1.29, 1.82) is 0 Å². The van der Waals surface area contributed by atoms with Gasteiger partial charge in [-0.15, -0.1) is 0 Å². The highest BCUT2D eigenvalue weighted by molar-refractivity contribution is 6.02. The van der Waals surface area contributed by atoms with Gasteiger partial charge in [-0.05, 0) is 30.7 Å². The van der Waals surface area contributed by atoms with Gasteiger partial charge < -0.3 is 15.2 Å². The van der Waals surface area contributed by atoms with Crippen LogP contribution in [-0.4, -0.2) is 17.6 Å². The van der Waals surface area contributed by atoms with Crippen LogP contribution in [0, 0.1) is 0 Å². The normalized spacial score (nSPS) is 10.6. The fourth-order valence-electron chi connectivity index (χ4n) is 1.88.